The van der Waals surface area contributed by atoms with Crippen molar-refractivity contribution in [2.75, 3.05) is 13.2 Å². The van der Waals surface area contributed by atoms with E-state index in [1.807, 2.05) is 0 Å². The predicted molar refractivity (Wildman–Crippen MR) is 109 cm³/mol. The molecule has 0 spiro atoms. The van der Waals surface area contributed by atoms with Gasteiger partial charge in [0.15, 0.2) is 0 Å². The van der Waals surface area contributed by atoms with Crippen LogP contribution in [0.1, 0.15) is 44.9 Å². The van der Waals surface area contributed by atoms with Crippen LogP contribution in [0.5, 0.6) is 0 Å². The Balaban J connectivity index is 1.68. The van der Waals surface area contributed by atoms with E-state index in [0.717, 1.165) is 11.0 Å². The SMILES string of the molecule is CC(C)NS(=O)(=O)c1ccc(Cl)c(C(=O)OCCN2C(=O)c3ccccc3C2=O)c1. The fraction of sp³-hybridized carbons (Fsp3) is 0.250. The zero-order chi connectivity index (χ0) is 22.1. The molecular weight excluding hydrogens is 432 g/mol. The second kappa shape index (κ2) is 8.55. The van der Waals surface area contributed by atoms with E-state index >= 15 is 0 Å². The maximum absolute atomic E-state index is 12.4. The number of imide groups is 1. The van der Waals surface area contributed by atoms with Gasteiger partial charge in [0.2, 0.25) is 10.0 Å². The Labute approximate surface area is 178 Å². The number of amides is 2. The number of carbonyl (C=O) groups is 3. The van der Waals surface area contributed by atoms with Gasteiger partial charge in [-0.1, -0.05) is 23.7 Å². The van der Waals surface area contributed by atoms with Gasteiger partial charge >= 0.3 is 5.97 Å². The largest absolute Gasteiger partial charge is 0.460 e. The van der Waals surface area contributed by atoms with Crippen LogP contribution >= 0.6 is 11.6 Å². The molecule has 0 radical (unpaired) electrons. The van der Waals surface area contributed by atoms with Crippen molar-refractivity contribution in [3.05, 3.63) is 64.2 Å². The molecule has 0 bridgehead atoms. The number of hydrogen-bond donors (Lipinski definition) is 1. The molecule has 3 rings (SSSR count). The summed E-state index contributed by atoms with van der Waals surface area (Å²) in [5.41, 5.74) is 0.463. The minimum atomic E-state index is -3.83. The van der Waals surface area contributed by atoms with Crippen LogP contribution in [-0.4, -0.2) is 50.3 Å². The molecule has 2 aromatic carbocycles. The summed E-state index contributed by atoms with van der Waals surface area (Å²) in [6.07, 6.45) is 0. The van der Waals surface area contributed by atoms with Gasteiger partial charge in [0, 0.05) is 6.04 Å². The van der Waals surface area contributed by atoms with Crippen molar-refractivity contribution in [2.45, 2.75) is 24.8 Å². The van der Waals surface area contributed by atoms with Crippen LogP contribution in [-0.2, 0) is 14.8 Å². The summed E-state index contributed by atoms with van der Waals surface area (Å²) in [4.78, 5) is 37.9. The average molecular weight is 451 g/mol. The van der Waals surface area contributed by atoms with Gasteiger partial charge < -0.3 is 4.74 Å². The molecular formula is C20H19ClN2O6S. The van der Waals surface area contributed by atoms with E-state index in [0.29, 0.717) is 11.1 Å². The molecule has 8 nitrogen and oxygen atoms in total. The number of nitrogens with zero attached hydrogens (tertiary/aromatic N) is 1. The smallest absolute Gasteiger partial charge is 0.339 e. The third-order valence-corrected chi connectivity index (χ3v) is 6.27. The zero-order valence-electron chi connectivity index (χ0n) is 16.2. The molecule has 0 atom stereocenters. The van der Waals surface area contributed by atoms with E-state index in [1.54, 1.807) is 38.1 Å². The summed E-state index contributed by atoms with van der Waals surface area (Å²) in [6, 6.07) is 9.78. The molecule has 1 N–H and O–H groups in total. The lowest BCUT2D eigenvalue weighted by atomic mass is 10.1. The van der Waals surface area contributed by atoms with Gasteiger partial charge in [-0.2, -0.15) is 0 Å². The van der Waals surface area contributed by atoms with Crippen molar-refractivity contribution in [2.24, 2.45) is 0 Å². The Bertz CT molecular complexity index is 1090. The number of halogens is 1. The average Bonchev–Trinajstić information content (AvgIpc) is 2.92. The van der Waals surface area contributed by atoms with Gasteiger partial charge in [-0.25, -0.2) is 17.9 Å². The Morgan fingerprint density at radius 1 is 1.10 bits per heavy atom. The maximum Gasteiger partial charge on any atom is 0.339 e. The molecule has 0 aliphatic carbocycles. The number of hydrogen-bond acceptors (Lipinski definition) is 6. The molecule has 0 aromatic heterocycles. The summed E-state index contributed by atoms with van der Waals surface area (Å²) in [6.45, 7) is 2.94. The van der Waals surface area contributed by atoms with E-state index in [4.69, 9.17) is 16.3 Å². The first-order valence-corrected chi connectivity index (χ1v) is 10.9. The number of carbonyl (C=O) groups excluding carboxylic acids is 3. The van der Waals surface area contributed by atoms with Gasteiger partial charge in [0.1, 0.15) is 6.61 Å². The van der Waals surface area contributed by atoms with Crippen LogP contribution in [0.2, 0.25) is 5.02 Å². The maximum atomic E-state index is 12.4. The number of sulfonamides is 1. The molecule has 158 valence electrons. The van der Waals surface area contributed by atoms with Crippen LogP contribution in [0.3, 0.4) is 0 Å². The Hall–Kier alpha value is -2.75. The Morgan fingerprint density at radius 3 is 2.27 bits per heavy atom. The van der Waals surface area contributed by atoms with Gasteiger partial charge in [0.05, 0.1) is 33.2 Å². The van der Waals surface area contributed by atoms with E-state index in [-0.39, 0.29) is 34.7 Å². The number of ether oxygens (including phenoxy) is 1. The van der Waals surface area contributed by atoms with Crippen molar-refractivity contribution < 1.29 is 27.5 Å². The fourth-order valence-electron chi connectivity index (χ4n) is 2.96. The van der Waals surface area contributed by atoms with Gasteiger partial charge in [-0.3, -0.25) is 14.5 Å². The van der Waals surface area contributed by atoms with Gasteiger partial charge in [0.25, 0.3) is 11.8 Å². The van der Waals surface area contributed by atoms with E-state index in [2.05, 4.69) is 4.72 Å². The van der Waals surface area contributed by atoms with E-state index in [9.17, 15) is 22.8 Å². The Morgan fingerprint density at radius 2 is 1.70 bits per heavy atom. The number of nitrogens with one attached hydrogen (secondary N) is 1. The monoisotopic (exact) mass is 450 g/mol. The molecule has 1 aliphatic rings. The standard InChI is InChI=1S/C20H19ClN2O6S/c1-12(2)22-30(27,28)13-7-8-17(21)16(11-13)20(26)29-10-9-23-18(24)14-5-3-4-6-15(14)19(23)25/h3-8,11-12,22H,9-10H2,1-2H3. The normalized spacial score (nSPS) is 13.7. The second-order valence-electron chi connectivity index (χ2n) is 6.86. The van der Waals surface area contributed by atoms with Crippen molar-refractivity contribution in [3.63, 3.8) is 0 Å². The molecule has 2 amide bonds. The van der Waals surface area contributed by atoms with Crippen molar-refractivity contribution in [1.29, 1.82) is 0 Å². The highest BCUT2D eigenvalue weighted by Gasteiger charge is 2.35. The minimum Gasteiger partial charge on any atom is -0.460 e. The zero-order valence-corrected chi connectivity index (χ0v) is 17.8. The number of esters is 1. The molecule has 0 saturated carbocycles. The molecule has 0 unspecified atom stereocenters. The first kappa shape index (κ1) is 21.9. The van der Waals surface area contributed by atoms with Gasteiger partial charge in [-0.15, -0.1) is 0 Å². The molecule has 1 heterocycles. The molecule has 2 aromatic rings. The second-order valence-corrected chi connectivity index (χ2v) is 8.98. The molecule has 30 heavy (non-hydrogen) atoms. The fourth-order valence-corrected chi connectivity index (χ4v) is 4.43. The van der Waals surface area contributed by atoms with Crippen LogP contribution in [0.25, 0.3) is 0 Å². The third kappa shape index (κ3) is 4.38. The highest BCUT2D eigenvalue weighted by atomic mass is 35.5. The van der Waals surface area contributed by atoms with E-state index in [1.165, 1.54) is 12.1 Å². The third-order valence-electron chi connectivity index (χ3n) is 4.29. The summed E-state index contributed by atoms with van der Waals surface area (Å²) in [5.74, 6) is -1.78. The molecule has 1 aliphatic heterocycles. The minimum absolute atomic E-state index is 0.0178. The summed E-state index contributed by atoms with van der Waals surface area (Å²) in [5, 5.41) is 0.0178. The van der Waals surface area contributed by atoms with Crippen LogP contribution in [0.4, 0.5) is 0 Å². The van der Waals surface area contributed by atoms with Crippen molar-refractivity contribution >= 4 is 39.4 Å². The van der Waals surface area contributed by atoms with Crippen LogP contribution in [0.15, 0.2) is 47.4 Å². The van der Waals surface area contributed by atoms with E-state index < -0.39 is 27.8 Å². The summed E-state index contributed by atoms with van der Waals surface area (Å²) >= 11 is 6.03. The summed E-state index contributed by atoms with van der Waals surface area (Å²) in [7, 11) is -3.83. The molecule has 10 heteroatoms. The van der Waals surface area contributed by atoms with Crippen LogP contribution < -0.4 is 4.72 Å². The lowest BCUT2D eigenvalue weighted by molar-refractivity contribution is 0.0420. The highest BCUT2D eigenvalue weighted by molar-refractivity contribution is 7.89. The number of fused-ring (bicyclic) bond motifs is 1. The number of rotatable bonds is 7. The lowest BCUT2D eigenvalue weighted by Crippen LogP contribution is -2.33. The predicted octanol–water partition coefficient (Wildman–Crippen LogP) is 2.48. The highest BCUT2D eigenvalue weighted by Crippen LogP contribution is 2.23. The molecule has 0 saturated heterocycles. The quantitative estimate of drug-likeness (QED) is 0.512. The molecule has 0 fully saturated rings. The first-order valence-electron chi connectivity index (χ1n) is 9.06. The number of benzene rings is 2. The summed E-state index contributed by atoms with van der Waals surface area (Å²) < 4.78 is 32.2. The van der Waals surface area contributed by atoms with Crippen LogP contribution in [0, 0.1) is 0 Å². The van der Waals surface area contributed by atoms with Gasteiger partial charge in [-0.05, 0) is 44.2 Å². The topological polar surface area (TPSA) is 110 Å². The lowest BCUT2D eigenvalue weighted by Gasteiger charge is -2.14. The van der Waals surface area contributed by atoms with Crippen molar-refractivity contribution in [1.82, 2.24) is 9.62 Å². The van der Waals surface area contributed by atoms with Crippen molar-refractivity contribution in [3.8, 4) is 0 Å². The first-order chi connectivity index (χ1) is 14.1. The Kier molecular flexibility index (Phi) is 6.25.